The van der Waals surface area contributed by atoms with E-state index in [9.17, 15) is 24.5 Å². The number of esters is 1. The van der Waals surface area contributed by atoms with Gasteiger partial charge in [-0.05, 0) is 6.07 Å². The third kappa shape index (κ3) is 3.76. The molecule has 1 aliphatic rings. The predicted molar refractivity (Wildman–Crippen MR) is 77.6 cm³/mol. The second-order valence-corrected chi connectivity index (χ2v) is 4.88. The Balaban J connectivity index is 2.17. The molecule has 0 spiro atoms. The van der Waals surface area contributed by atoms with Crippen molar-refractivity contribution in [2.45, 2.75) is 6.04 Å². The number of carbonyl (C=O) groups is 3. The molecule has 1 aromatic rings. The number of carboxylic acids is 1. The van der Waals surface area contributed by atoms with Crippen LogP contribution < -0.4 is 15.0 Å². The number of carbonyl (C=O) groups excluding carboxylic acids is 2. The van der Waals surface area contributed by atoms with E-state index in [0.717, 1.165) is 6.07 Å². The molecular weight excluding hydrogens is 326 g/mol. The van der Waals surface area contributed by atoms with Crippen LogP contribution in [0, 0.1) is 10.1 Å². The van der Waals surface area contributed by atoms with E-state index >= 15 is 0 Å². The zero-order valence-corrected chi connectivity index (χ0v) is 12.2. The quantitative estimate of drug-likeness (QED) is 0.252. The van der Waals surface area contributed by atoms with E-state index in [1.54, 1.807) is 0 Å². The summed E-state index contributed by atoms with van der Waals surface area (Å²) in [5.41, 5.74) is 0.00490. The number of rotatable bonds is 6. The maximum absolute atomic E-state index is 11.9. The fourth-order valence-electron chi connectivity index (χ4n) is 2.10. The van der Waals surface area contributed by atoms with Gasteiger partial charge in [0.1, 0.15) is 12.6 Å². The number of non-ortho nitro benzene ring substituents is 1. The molecule has 3 N–H and O–H groups in total. The minimum Gasteiger partial charge on any atom is -0.480 e. The van der Waals surface area contributed by atoms with Gasteiger partial charge in [-0.2, -0.15) is 0 Å². The Morgan fingerprint density at radius 3 is 2.75 bits per heavy atom. The van der Waals surface area contributed by atoms with Gasteiger partial charge < -0.3 is 25.2 Å². The van der Waals surface area contributed by atoms with Gasteiger partial charge in [0.15, 0.2) is 5.75 Å². The molecule has 0 saturated carbocycles. The van der Waals surface area contributed by atoms with Gasteiger partial charge in [0, 0.05) is 6.07 Å². The molecule has 1 amide bonds. The van der Waals surface area contributed by atoms with Gasteiger partial charge in [0.25, 0.3) is 5.69 Å². The number of aliphatic carboxylic acids is 1. The molecule has 24 heavy (non-hydrogen) atoms. The van der Waals surface area contributed by atoms with Crippen molar-refractivity contribution in [1.29, 1.82) is 0 Å². The molecule has 128 valence electrons. The molecule has 0 fully saturated rings. The minimum atomic E-state index is -1.47. The average molecular weight is 339 g/mol. The van der Waals surface area contributed by atoms with Crippen LogP contribution in [0.15, 0.2) is 18.2 Å². The van der Waals surface area contributed by atoms with Gasteiger partial charge in [-0.25, -0.2) is 9.59 Å². The van der Waals surface area contributed by atoms with E-state index in [1.807, 2.05) is 0 Å². The van der Waals surface area contributed by atoms with Crippen LogP contribution >= 0.6 is 0 Å². The first-order valence-electron chi connectivity index (χ1n) is 6.69. The van der Waals surface area contributed by atoms with Crippen LogP contribution in [0.25, 0.3) is 0 Å². The van der Waals surface area contributed by atoms with E-state index in [4.69, 9.17) is 14.9 Å². The van der Waals surface area contributed by atoms with Gasteiger partial charge >= 0.3 is 11.9 Å². The molecule has 1 heterocycles. The summed E-state index contributed by atoms with van der Waals surface area (Å²) < 4.78 is 4.92. The maximum Gasteiger partial charge on any atom is 0.331 e. The Kier molecular flexibility index (Phi) is 4.94. The van der Waals surface area contributed by atoms with Gasteiger partial charge in [0.05, 0.1) is 29.8 Å². The second kappa shape index (κ2) is 6.91. The van der Waals surface area contributed by atoms with Gasteiger partial charge in [0.2, 0.25) is 5.91 Å². The van der Waals surface area contributed by atoms with Crippen LogP contribution in [0.1, 0.15) is 0 Å². The van der Waals surface area contributed by atoms with Crippen LogP contribution in [0.5, 0.6) is 5.75 Å². The number of hydrogen-bond acceptors (Lipinski definition) is 8. The van der Waals surface area contributed by atoms with Crippen LogP contribution in [-0.4, -0.2) is 58.7 Å². The lowest BCUT2D eigenvalue weighted by Gasteiger charge is -2.29. The molecule has 0 bridgehead atoms. The number of amides is 1. The van der Waals surface area contributed by atoms with E-state index < -0.39 is 35.4 Å². The summed E-state index contributed by atoms with van der Waals surface area (Å²) in [6.45, 7) is -1.45. The molecule has 1 aromatic carbocycles. The van der Waals surface area contributed by atoms with Gasteiger partial charge in [-0.1, -0.05) is 0 Å². The number of ether oxygens (including phenoxy) is 1. The summed E-state index contributed by atoms with van der Waals surface area (Å²) in [5, 5.41) is 30.5. The molecule has 1 unspecified atom stereocenters. The van der Waals surface area contributed by atoms with Crippen molar-refractivity contribution in [2.24, 2.45) is 0 Å². The highest BCUT2D eigenvalue weighted by Crippen LogP contribution is 2.34. The standard InChI is InChI=1S/C13H13N3O8/c17-6-8(13(20)21)14-11(18)4-15-5-12(19)24-10-3-7(16(22)23)1-2-9(10)15/h1-3,8,17H,4-6H2,(H,14,18)(H,20,21). The zero-order chi connectivity index (χ0) is 17.9. The van der Waals surface area contributed by atoms with E-state index in [-0.39, 0.29) is 30.2 Å². The zero-order valence-electron chi connectivity index (χ0n) is 12.2. The number of nitrogens with one attached hydrogen (secondary N) is 1. The fourth-order valence-corrected chi connectivity index (χ4v) is 2.10. The van der Waals surface area contributed by atoms with Crippen molar-refractivity contribution < 1.29 is 34.3 Å². The lowest BCUT2D eigenvalue weighted by atomic mass is 10.2. The lowest BCUT2D eigenvalue weighted by Crippen LogP contribution is -2.49. The van der Waals surface area contributed by atoms with Crippen molar-refractivity contribution in [3.05, 3.63) is 28.3 Å². The summed E-state index contributed by atoms with van der Waals surface area (Å²) in [6.07, 6.45) is 0. The molecular formula is C13H13N3O8. The van der Waals surface area contributed by atoms with E-state index in [2.05, 4.69) is 5.32 Å². The lowest BCUT2D eigenvalue weighted by molar-refractivity contribution is -0.384. The molecule has 11 heteroatoms. The third-order valence-electron chi connectivity index (χ3n) is 3.19. The Morgan fingerprint density at radius 2 is 2.17 bits per heavy atom. The number of hydrogen-bond donors (Lipinski definition) is 3. The Morgan fingerprint density at radius 1 is 1.46 bits per heavy atom. The summed E-state index contributed by atoms with van der Waals surface area (Å²) in [5.74, 6) is -2.92. The molecule has 0 aromatic heterocycles. The number of fused-ring (bicyclic) bond motifs is 1. The van der Waals surface area contributed by atoms with E-state index in [1.165, 1.54) is 17.0 Å². The molecule has 1 atom stereocenters. The maximum atomic E-state index is 11.9. The molecule has 0 aliphatic carbocycles. The monoisotopic (exact) mass is 339 g/mol. The Labute approximate surface area is 134 Å². The smallest absolute Gasteiger partial charge is 0.331 e. The number of benzene rings is 1. The minimum absolute atomic E-state index is 0.0646. The number of carboxylic acid groups (broad SMARTS) is 1. The van der Waals surface area contributed by atoms with Gasteiger partial charge in [-0.15, -0.1) is 0 Å². The molecule has 2 rings (SSSR count). The molecule has 11 nitrogen and oxygen atoms in total. The number of aliphatic hydroxyl groups is 1. The van der Waals surface area contributed by atoms with Crippen LogP contribution in [0.4, 0.5) is 11.4 Å². The number of nitro benzene ring substituents is 1. The van der Waals surface area contributed by atoms with Gasteiger partial charge in [-0.3, -0.25) is 14.9 Å². The van der Waals surface area contributed by atoms with Crippen molar-refractivity contribution >= 4 is 29.2 Å². The predicted octanol–water partition coefficient (Wildman–Crippen LogP) is -1.12. The topological polar surface area (TPSA) is 159 Å². The summed E-state index contributed by atoms with van der Waals surface area (Å²) in [7, 11) is 0. The van der Waals surface area contributed by atoms with Crippen molar-refractivity contribution in [3.63, 3.8) is 0 Å². The summed E-state index contributed by atoms with van der Waals surface area (Å²) >= 11 is 0. The number of nitrogens with zero attached hydrogens (tertiary/aromatic N) is 2. The van der Waals surface area contributed by atoms with Crippen molar-refractivity contribution in [2.75, 3.05) is 24.6 Å². The highest BCUT2D eigenvalue weighted by Gasteiger charge is 2.28. The Bertz CT molecular complexity index is 704. The average Bonchev–Trinajstić information content (AvgIpc) is 2.51. The first-order valence-corrected chi connectivity index (χ1v) is 6.69. The number of anilines is 1. The molecule has 0 saturated heterocycles. The SMILES string of the molecule is O=C(CN1CC(=O)Oc2cc([N+](=O)[O-])ccc21)NC(CO)C(=O)O. The highest BCUT2D eigenvalue weighted by atomic mass is 16.6. The summed E-state index contributed by atoms with van der Waals surface area (Å²) in [6, 6.07) is 2.11. The highest BCUT2D eigenvalue weighted by molar-refractivity contribution is 5.91. The molecule has 0 radical (unpaired) electrons. The normalized spacial score (nSPS) is 14.4. The van der Waals surface area contributed by atoms with E-state index in [0.29, 0.717) is 0 Å². The third-order valence-corrected chi connectivity index (χ3v) is 3.19. The van der Waals surface area contributed by atoms with Crippen molar-refractivity contribution in [3.8, 4) is 5.75 Å². The largest absolute Gasteiger partial charge is 0.480 e. The van der Waals surface area contributed by atoms with Crippen molar-refractivity contribution in [1.82, 2.24) is 5.32 Å². The van der Waals surface area contributed by atoms with Crippen LogP contribution in [-0.2, 0) is 14.4 Å². The fraction of sp³-hybridized carbons (Fsp3) is 0.308. The van der Waals surface area contributed by atoms with Crippen LogP contribution in [0.3, 0.4) is 0 Å². The second-order valence-electron chi connectivity index (χ2n) is 4.88. The first-order chi connectivity index (χ1) is 11.3. The first kappa shape index (κ1) is 17.1. The number of nitro groups is 1. The summed E-state index contributed by atoms with van der Waals surface area (Å²) in [4.78, 5) is 45.6. The Hall–Kier alpha value is -3.21. The molecule has 1 aliphatic heterocycles. The van der Waals surface area contributed by atoms with Crippen LogP contribution in [0.2, 0.25) is 0 Å². The number of aliphatic hydroxyl groups excluding tert-OH is 1.